The second-order valence-corrected chi connectivity index (χ2v) is 4.31. The Labute approximate surface area is 83.4 Å². The summed E-state index contributed by atoms with van der Waals surface area (Å²) in [5, 5.41) is 5.83. The van der Waals surface area contributed by atoms with Gasteiger partial charge in [-0.05, 0) is 12.3 Å². The van der Waals surface area contributed by atoms with E-state index in [2.05, 4.69) is 17.6 Å². The Balaban J connectivity index is 1.74. The van der Waals surface area contributed by atoms with E-state index in [0.717, 1.165) is 12.8 Å². The first kappa shape index (κ1) is 9.90. The van der Waals surface area contributed by atoms with Crippen molar-refractivity contribution in [3.8, 4) is 0 Å². The normalized spacial score (nSPS) is 41.0. The monoisotopic (exact) mass is 200 g/mol. The Kier molecular flexibility index (Phi) is 2.72. The fourth-order valence-corrected chi connectivity index (χ4v) is 2.05. The van der Waals surface area contributed by atoms with Crippen LogP contribution >= 0.6 is 0 Å². The number of amides is 1. The zero-order chi connectivity index (χ0) is 10.1. The molecule has 3 nitrogen and oxygen atoms in total. The van der Waals surface area contributed by atoms with E-state index in [0.29, 0.717) is 24.9 Å². The van der Waals surface area contributed by atoms with Gasteiger partial charge in [0.15, 0.2) is 0 Å². The van der Waals surface area contributed by atoms with Crippen LogP contribution < -0.4 is 10.6 Å². The van der Waals surface area contributed by atoms with Crippen LogP contribution in [0, 0.1) is 5.92 Å². The van der Waals surface area contributed by atoms with Crippen LogP contribution in [0.25, 0.3) is 0 Å². The molecule has 2 aliphatic rings. The van der Waals surface area contributed by atoms with E-state index in [1.54, 1.807) is 0 Å². The highest BCUT2D eigenvalue weighted by molar-refractivity contribution is 5.82. The molecular weight excluding hydrogens is 183 g/mol. The van der Waals surface area contributed by atoms with Crippen molar-refractivity contribution in [2.24, 2.45) is 5.92 Å². The Hall–Kier alpha value is -0.640. The van der Waals surface area contributed by atoms with Gasteiger partial charge in [0, 0.05) is 19.0 Å². The third-order valence-corrected chi connectivity index (χ3v) is 3.17. The number of halogens is 1. The first-order valence-electron chi connectivity index (χ1n) is 5.38. The molecule has 0 aromatic rings. The lowest BCUT2D eigenvalue weighted by molar-refractivity contribution is -0.123. The minimum Gasteiger partial charge on any atom is -0.352 e. The number of hydrogen-bond acceptors (Lipinski definition) is 2. The van der Waals surface area contributed by atoms with Gasteiger partial charge >= 0.3 is 0 Å². The molecule has 1 heterocycles. The maximum absolute atomic E-state index is 12.8. The second-order valence-electron chi connectivity index (χ2n) is 4.31. The van der Waals surface area contributed by atoms with Gasteiger partial charge in [-0.25, -0.2) is 4.39 Å². The minimum absolute atomic E-state index is 0.0221. The quantitative estimate of drug-likeness (QED) is 0.700. The topological polar surface area (TPSA) is 41.1 Å². The molecule has 2 fully saturated rings. The minimum atomic E-state index is -0.855. The van der Waals surface area contributed by atoms with Crippen LogP contribution in [0.1, 0.15) is 26.2 Å². The molecule has 2 unspecified atom stereocenters. The SMILES string of the molecule is CCC1CC1NC(=O)[C@@H]1C[C@@H](F)CN1. The number of carbonyl (C=O) groups excluding carboxylic acids is 1. The summed E-state index contributed by atoms with van der Waals surface area (Å²) in [6, 6.07) is 0.0519. The summed E-state index contributed by atoms with van der Waals surface area (Å²) in [5.41, 5.74) is 0. The standard InChI is InChI=1S/C10H17FN2O/c1-2-6-3-8(6)13-10(14)9-4-7(11)5-12-9/h6-9,12H,2-5H2,1H3,(H,13,14)/t6?,7-,8?,9+/m1/s1. The Morgan fingerprint density at radius 2 is 2.36 bits per heavy atom. The predicted molar refractivity (Wildman–Crippen MR) is 51.6 cm³/mol. The Morgan fingerprint density at radius 3 is 2.86 bits per heavy atom. The summed E-state index contributed by atoms with van der Waals surface area (Å²) >= 11 is 0. The first-order valence-corrected chi connectivity index (χ1v) is 5.38. The first-order chi connectivity index (χ1) is 6.70. The molecule has 4 heteroatoms. The highest BCUT2D eigenvalue weighted by Gasteiger charge is 2.39. The molecule has 0 bridgehead atoms. The van der Waals surface area contributed by atoms with Gasteiger partial charge in [0.2, 0.25) is 5.91 Å². The van der Waals surface area contributed by atoms with Crippen molar-refractivity contribution in [1.29, 1.82) is 0 Å². The van der Waals surface area contributed by atoms with Crippen LogP contribution in [-0.2, 0) is 4.79 Å². The zero-order valence-electron chi connectivity index (χ0n) is 8.42. The fraction of sp³-hybridized carbons (Fsp3) is 0.900. The predicted octanol–water partition coefficient (Wildman–Crippen LogP) is 0.601. The lowest BCUT2D eigenvalue weighted by atomic mass is 10.2. The molecule has 0 radical (unpaired) electrons. The average Bonchev–Trinajstić information content (AvgIpc) is 2.77. The maximum atomic E-state index is 12.8. The van der Waals surface area contributed by atoms with E-state index < -0.39 is 6.17 Å². The van der Waals surface area contributed by atoms with Crippen molar-refractivity contribution in [2.45, 2.75) is 44.4 Å². The molecule has 1 saturated heterocycles. The summed E-state index contributed by atoms with van der Waals surface area (Å²) in [5.74, 6) is 0.632. The van der Waals surface area contributed by atoms with Crippen molar-refractivity contribution in [3.63, 3.8) is 0 Å². The zero-order valence-corrected chi connectivity index (χ0v) is 8.42. The van der Waals surface area contributed by atoms with Gasteiger partial charge in [-0.2, -0.15) is 0 Å². The smallest absolute Gasteiger partial charge is 0.237 e. The molecule has 1 aliphatic heterocycles. The molecule has 0 aromatic carbocycles. The van der Waals surface area contributed by atoms with Crippen LogP contribution in [0.3, 0.4) is 0 Å². The number of nitrogens with one attached hydrogen (secondary N) is 2. The second kappa shape index (κ2) is 3.85. The third kappa shape index (κ3) is 2.05. The van der Waals surface area contributed by atoms with Crippen LogP contribution in [0.15, 0.2) is 0 Å². The summed E-state index contributed by atoms with van der Waals surface area (Å²) < 4.78 is 12.8. The fourth-order valence-electron chi connectivity index (χ4n) is 2.05. The molecule has 1 amide bonds. The van der Waals surface area contributed by atoms with Crippen molar-refractivity contribution in [2.75, 3.05) is 6.54 Å². The van der Waals surface area contributed by atoms with Crippen LogP contribution in [0.4, 0.5) is 4.39 Å². The van der Waals surface area contributed by atoms with Gasteiger partial charge in [-0.15, -0.1) is 0 Å². The summed E-state index contributed by atoms with van der Waals surface area (Å²) in [6.45, 7) is 2.45. The third-order valence-electron chi connectivity index (χ3n) is 3.17. The van der Waals surface area contributed by atoms with Crippen molar-refractivity contribution >= 4 is 5.91 Å². The average molecular weight is 200 g/mol. The van der Waals surface area contributed by atoms with Gasteiger partial charge in [-0.1, -0.05) is 13.3 Å². The lowest BCUT2D eigenvalue weighted by Gasteiger charge is -2.10. The van der Waals surface area contributed by atoms with E-state index in [4.69, 9.17) is 0 Å². The molecule has 80 valence electrons. The highest BCUT2D eigenvalue weighted by Crippen LogP contribution is 2.33. The molecule has 1 aliphatic carbocycles. The van der Waals surface area contributed by atoms with Gasteiger partial charge < -0.3 is 10.6 Å². The van der Waals surface area contributed by atoms with Gasteiger partial charge in [0.25, 0.3) is 0 Å². The van der Waals surface area contributed by atoms with Crippen LogP contribution in [-0.4, -0.2) is 30.7 Å². The molecule has 0 aromatic heterocycles. The van der Waals surface area contributed by atoms with Gasteiger partial charge in [0.1, 0.15) is 6.17 Å². The summed E-state index contributed by atoms with van der Waals surface area (Å²) in [7, 11) is 0. The number of alkyl halides is 1. The summed E-state index contributed by atoms with van der Waals surface area (Å²) in [6.07, 6.45) is 1.69. The van der Waals surface area contributed by atoms with E-state index >= 15 is 0 Å². The number of hydrogen-bond donors (Lipinski definition) is 2. The largest absolute Gasteiger partial charge is 0.352 e. The van der Waals surface area contributed by atoms with E-state index in [9.17, 15) is 9.18 Å². The van der Waals surface area contributed by atoms with Gasteiger partial charge in [0.05, 0.1) is 6.04 Å². The molecule has 2 N–H and O–H groups in total. The molecule has 0 spiro atoms. The van der Waals surface area contributed by atoms with Crippen molar-refractivity contribution < 1.29 is 9.18 Å². The Bertz CT molecular complexity index is 234. The van der Waals surface area contributed by atoms with Crippen LogP contribution in [0.2, 0.25) is 0 Å². The molecule has 2 rings (SSSR count). The van der Waals surface area contributed by atoms with E-state index in [1.165, 1.54) is 0 Å². The maximum Gasteiger partial charge on any atom is 0.237 e. The van der Waals surface area contributed by atoms with Crippen molar-refractivity contribution in [1.82, 2.24) is 10.6 Å². The van der Waals surface area contributed by atoms with E-state index in [1.807, 2.05) is 0 Å². The lowest BCUT2D eigenvalue weighted by Crippen LogP contribution is -2.41. The molecule has 4 atom stereocenters. The van der Waals surface area contributed by atoms with Crippen LogP contribution in [0.5, 0.6) is 0 Å². The van der Waals surface area contributed by atoms with Crippen molar-refractivity contribution in [3.05, 3.63) is 0 Å². The number of carbonyl (C=O) groups is 1. The van der Waals surface area contributed by atoms with E-state index in [-0.39, 0.29) is 11.9 Å². The van der Waals surface area contributed by atoms with Gasteiger partial charge in [-0.3, -0.25) is 4.79 Å². The number of rotatable bonds is 3. The molecule has 14 heavy (non-hydrogen) atoms. The molecule has 1 saturated carbocycles. The Morgan fingerprint density at radius 1 is 1.57 bits per heavy atom. The molecular formula is C10H17FN2O. The summed E-state index contributed by atoms with van der Waals surface area (Å²) in [4.78, 5) is 11.6. The highest BCUT2D eigenvalue weighted by atomic mass is 19.1.